The third-order valence-corrected chi connectivity index (χ3v) is 7.82. The number of aryl methyl sites for hydroxylation is 1. The Morgan fingerprint density at radius 2 is 1.89 bits per heavy atom. The molecule has 148 valence electrons. The average Bonchev–Trinajstić information content (AvgIpc) is 3.35. The fourth-order valence-corrected chi connectivity index (χ4v) is 5.47. The molecule has 1 aliphatic carbocycles. The highest BCUT2D eigenvalue weighted by Gasteiger charge is 2.56. The molecule has 8 heteroatoms. The molecule has 2 heterocycles. The highest BCUT2D eigenvalue weighted by molar-refractivity contribution is 7.89. The maximum absolute atomic E-state index is 13.5. The Labute approximate surface area is 163 Å². The van der Waals surface area contributed by atoms with Crippen molar-refractivity contribution in [2.45, 2.75) is 37.1 Å². The van der Waals surface area contributed by atoms with E-state index in [-0.39, 0.29) is 22.3 Å². The maximum atomic E-state index is 13.5. The van der Waals surface area contributed by atoms with Crippen molar-refractivity contribution in [1.29, 1.82) is 0 Å². The first-order valence-corrected chi connectivity index (χ1v) is 10.7. The van der Waals surface area contributed by atoms with Gasteiger partial charge in [0.15, 0.2) is 0 Å². The number of amides is 1. The lowest BCUT2D eigenvalue weighted by Gasteiger charge is -2.32. The molecule has 1 saturated carbocycles. The largest absolute Gasteiger partial charge is 0.349 e. The normalized spacial score (nSPS) is 21.4. The number of sulfonamides is 1. The van der Waals surface area contributed by atoms with Crippen LogP contribution in [0, 0.1) is 18.2 Å². The lowest BCUT2D eigenvalue weighted by molar-refractivity contribution is 0.0940. The van der Waals surface area contributed by atoms with Crippen molar-refractivity contribution in [1.82, 2.24) is 14.6 Å². The van der Waals surface area contributed by atoms with Gasteiger partial charge < -0.3 is 5.32 Å². The summed E-state index contributed by atoms with van der Waals surface area (Å²) in [6, 6.07) is 7.31. The lowest BCUT2D eigenvalue weighted by atomic mass is 9.94. The number of carbonyl (C=O) groups is 1. The van der Waals surface area contributed by atoms with Crippen LogP contribution in [0.1, 0.15) is 35.2 Å². The number of rotatable bonds is 4. The molecule has 1 amide bonds. The van der Waals surface area contributed by atoms with Gasteiger partial charge in [-0.05, 0) is 67.5 Å². The van der Waals surface area contributed by atoms with Crippen molar-refractivity contribution >= 4 is 15.9 Å². The average molecular weight is 403 g/mol. The van der Waals surface area contributed by atoms with Gasteiger partial charge >= 0.3 is 0 Å². The van der Waals surface area contributed by atoms with Gasteiger partial charge in [-0.3, -0.25) is 9.78 Å². The fourth-order valence-electron chi connectivity index (χ4n) is 3.95. The molecule has 0 radical (unpaired) electrons. The van der Waals surface area contributed by atoms with E-state index in [1.807, 2.05) is 0 Å². The summed E-state index contributed by atoms with van der Waals surface area (Å²) in [6.07, 6.45) is 5.44. The number of aromatic nitrogens is 1. The molecule has 2 aromatic rings. The Morgan fingerprint density at radius 3 is 2.54 bits per heavy atom. The minimum atomic E-state index is -3.63. The molecule has 0 bridgehead atoms. The second-order valence-electron chi connectivity index (χ2n) is 7.64. The summed E-state index contributed by atoms with van der Waals surface area (Å²) in [5.41, 5.74) is 0.868. The van der Waals surface area contributed by atoms with Crippen LogP contribution in [-0.2, 0) is 10.0 Å². The molecule has 2 aliphatic rings. The first-order valence-electron chi connectivity index (χ1n) is 9.29. The molecule has 1 aliphatic heterocycles. The Balaban J connectivity index is 1.38. The Hall–Kier alpha value is -2.32. The van der Waals surface area contributed by atoms with Crippen LogP contribution in [-0.4, -0.2) is 42.7 Å². The van der Waals surface area contributed by atoms with E-state index in [1.54, 1.807) is 31.5 Å². The van der Waals surface area contributed by atoms with Crippen LogP contribution >= 0.6 is 0 Å². The number of nitrogens with zero attached hydrogens (tertiary/aromatic N) is 2. The molecule has 1 unspecified atom stereocenters. The summed E-state index contributed by atoms with van der Waals surface area (Å²) in [5.74, 6) is -0.538. The zero-order valence-corrected chi connectivity index (χ0v) is 16.4. The third kappa shape index (κ3) is 3.42. The highest BCUT2D eigenvalue weighted by atomic mass is 32.2. The minimum Gasteiger partial charge on any atom is -0.349 e. The molecule has 1 saturated heterocycles. The van der Waals surface area contributed by atoms with Crippen molar-refractivity contribution in [3.63, 3.8) is 0 Å². The van der Waals surface area contributed by atoms with Gasteiger partial charge in [-0.1, -0.05) is 0 Å². The van der Waals surface area contributed by atoms with E-state index in [0.29, 0.717) is 37.1 Å². The smallest absolute Gasteiger partial charge is 0.251 e. The molecule has 1 aromatic carbocycles. The summed E-state index contributed by atoms with van der Waals surface area (Å²) in [7, 11) is -3.63. The van der Waals surface area contributed by atoms with E-state index in [0.717, 1.165) is 6.42 Å². The van der Waals surface area contributed by atoms with Crippen molar-refractivity contribution in [2.75, 3.05) is 13.1 Å². The molecule has 1 spiro atoms. The maximum Gasteiger partial charge on any atom is 0.251 e. The predicted molar refractivity (Wildman–Crippen MR) is 102 cm³/mol. The van der Waals surface area contributed by atoms with E-state index in [9.17, 15) is 17.6 Å². The number of carbonyl (C=O) groups excluding carboxylic acids is 1. The third-order valence-electron chi connectivity index (χ3n) is 5.92. The molecule has 6 nitrogen and oxygen atoms in total. The predicted octanol–water partition coefficient (Wildman–Crippen LogP) is 2.50. The number of piperidine rings is 1. The summed E-state index contributed by atoms with van der Waals surface area (Å²) < 4.78 is 40.6. The first kappa shape index (κ1) is 19.0. The lowest BCUT2D eigenvalue weighted by Crippen LogP contribution is -2.41. The first-order chi connectivity index (χ1) is 13.3. The number of hydrogen-bond acceptors (Lipinski definition) is 4. The number of halogens is 1. The van der Waals surface area contributed by atoms with E-state index < -0.39 is 15.8 Å². The van der Waals surface area contributed by atoms with Crippen LogP contribution in [0.15, 0.2) is 47.6 Å². The van der Waals surface area contributed by atoms with Crippen molar-refractivity contribution in [3.05, 3.63) is 59.7 Å². The van der Waals surface area contributed by atoms with Gasteiger partial charge in [-0.25, -0.2) is 12.8 Å². The van der Waals surface area contributed by atoms with Gasteiger partial charge in [-0.15, -0.1) is 0 Å². The molecule has 1 aromatic heterocycles. The second kappa shape index (κ2) is 6.93. The molecule has 1 atom stereocenters. The van der Waals surface area contributed by atoms with Gasteiger partial charge in [0, 0.05) is 37.1 Å². The summed E-state index contributed by atoms with van der Waals surface area (Å²) in [4.78, 5) is 16.3. The van der Waals surface area contributed by atoms with Gasteiger partial charge in [0.25, 0.3) is 5.91 Å². The molecule has 1 N–H and O–H groups in total. The minimum absolute atomic E-state index is 0.0204. The summed E-state index contributed by atoms with van der Waals surface area (Å²) in [5, 5.41) is 3.05. The monoisotopic (exact) mass is 403 g/mol. The van der Waals surface area contributed by atoms with Crippen molar-refractivity contribution in [3.8, 4) is 0 Å². The second-order valence-corrected chi connectivity index (χ2v) is 9.58. The fraction of sp³-hybridized carbons (Fsp3) is 0.400. The quantitative estimate of drug-likeness (QED) is 0.851. The Morgan fingerprint density at radius 1 is 1.21 bits per heavy atom. The van der Waals surface area contributed by atoms with Crippen LogP contribution in [0.25, 0.3) is 0 Å². The van der Waals surface area contributed by atoms with Gasteiger partial charge in [0.1, 0.15) is 5.82 Å². The molecular formula is C20H22FN3O3S. The zero-order valence-electron chi connectivity index (χ0n) is 15.6. The summed E-state index contributed by atoms with van der Waals surface area (Å²) >= 11 is 0. The topological polar surface area (TPSA) is 79.4 Å². The SMILES string of the molecule is Cc1cc(S(=O)(=O)N2CCC3(CC2)CC3NC(=O)c2ccncc2)ccc1F. The zero-order chi connectivity index (χ0) is 19.9. The van der Waals surface area contributed by atoms with E-state index in [2.05, 4.69) is 10.3 Å². The standard InChI is InChI=1S/C20H22FN3O3S/c1-14-12-16(2-3-17(14)21)28(26,27)24-10-6-20(7-11-24)13-18(20)23-19(25)15-4-8-22-9-5-15/h2-5,8-9,12,18H,6-7,10-11,13H2,1H3,(H,23,25). The highest BCUT2D eigenvalue weighted by Crippen LogP contribution is 2.54. The number of benzene rings is 1. The molecule has 4 rings (SSSR count). The van der Waals surface area contributed by atoms with E-state index in [1.165, 1.54) is 22.5 Å². The molecule has 2 fully saturated rings. The van der Waals surface area contributed by atoms with Crippen LogP contribution in [0.3, 0.4) is 0 Å². The Bertz CT molecular complexity index is 1000. The van der Waals surface area contributed by atoms with Crippen molar-refractivity contribution < 1.29 is 17.6 Å². The van der Waals surface area contributed by atoms with Gasteiger partial charge in [0.2, 0.25) is 10.0 Å². The molecular weight excluding hydrogens is 381 g/mol. The van der Waals surface area contributed by atoms with E-state index in [4.69, 9.17) is 0 Å². The van der Waals surface area contributed by atoms with Crippen LogP contribution in [0.5, 0.6) is 0 Å². The van der Waals surface area contributed by atoms with Crippen molar-refractivity contribution in [2.24, 2.45) is 5.41 Å². The van der Waals surface area contributed by atoms with Gasteiger partial charge in [0.05, 0.1) is 4.90 Å². The Kier molecular flexibility index (Phi) is 4.71. The van der Waals surface area contributed by atoms with E-state index >= 15 is 0 Å². The van der Waals surface area contributed by atoms with Gasteiger partial charge in [-0.2, -0.15) is 4.31 Å². The number of nitrogens with one attached hydrogen (secondary N) is 1. The number of pyridine rings is 1. The van der Waals surface area contributed by atoms with Crippen LogP contribution in [0.4, 0.5) is 4.39 Å². The van der Waals surface area contributed by atoms with Crippen LogP contribution < -0.4 is 5.32 Å². The molecule has 28 heavy (non-hydrogen) atoms. The van der Waals surface area contributed by atoms with Crippen LogP contribution in [0.2, 0.25) is 0 Å². The number of hydrogen-bond donors (Lipinski definition) is 1. The summed E-state index contributed by atoms with van der Waals surface area (Å²) in [6.45, 7) is 2.36.